The fourth-order valence-corrected chi connectivity index (χ4v) is 14.3. The van der Waals surface area contributed by atoms with Gasteiger partial charge in [-0.1, -0.05) is 0 Å². The highest BCUT2D eigenvalue weighted by molar-refractivity contribution is 6.27. The van der Waals surface area contributed by atoms with Crippen molar-refractivity contribution in [2.24, 2.45) is 0 Å². The van der Waals surface area contributed by atoms with Gasteiger partial charge in [0.1, 0.15) is 109 Å². The SMILES string of the molecule is O=C(/C=C/COc1ccc(OCCCC2CO2)cc1)Oc1cc2c3cc(OC(=O)/C=C/COc4ccc(OCCCC5CO5)cc4)c(OC(=O)/C=C/COc4ccc(OCCCC5CO5)cc4)cc3c3cc(OC(=O)/C=C/COc4ccc(OCCCC5CO5)cc4)c(OC(=O)/C=C/COc4ccc(OCCCC5CO5)cc4)cc3c2cc1OC(=O)/C=C/COc1ccc(OCCCC2CO2)cc1. The lowest BCUT2D eigenvalue weighted by atomic mass is 9.93. The summed E-state index contributed by atoms with van der Waals surface area (Å²) in [5, 5.41) is 1.17. The van der Waals surface area contributed by atoms with Crippen LogP contribution in [0.15, 0.2) is 255 Å². The van der Waals surface area contributed by atoms with Crippen LogP contribution in [0.25, 0.3) is 32.3 Å². The average molecular weight is 1890 g/mol. The summed E-state index contributed by atoms with van der Waals surface area (Å²) in [6.07, 6.45) is 27.7. The summed E-state index contributed by atoms with van der Waals surface area (Å²) < 4.78 is 140. The van der Waals surface area contributed by atoms with Gasteiger partial charge >= 0.3 is 35.8 Å². The lowest BCUT2D eigenvalue weighted by molar-refractivity contribution is -0.131. The lowest BCUT2D eigenvalue weighted by Crippen LogP contribution is -2.11. The number of rotatable bonds is 60. The molecular formula is C108H108O30. The van der Waals surface area contributed by atoms with Crippen molar-refractivity contribution < 1.29 is 142 Å². The molecule has 30 heteroatoms. The Hall–Kier alpha value is -14.4. The van der Waals surface area contributed by atoms with Crippen LogP contribution in [-0.2, 0) is 57.2 Å². The number of fused-ring (bicyclic) bond motifs is 6. The third-order valence-corrected chi connectivity index (χ3v) is 22.0. The van der Waals surface area contributed by atoms with Crippen LogP contribution in [0.1, 0.15) is 77.0 Å². The number of esters is 6. The van der Waals surface area contributed by atoms with Gasteiger partial charge in [-0.25, -0.2) is 28.8 Å². The maximum Gasteiger partial charge on any atom is 0.336 e. The Balaban J connectivity index is 0.736. The Labute approximate surface area is 797 Å². The molecule has 10 aromatic carbocycles. The second kappa shape index (κ2) is 50.4. The van der Waals surface area contributed by atoms with E-state index in [-0.39, 0.29) is 106 Å². The zero-order valence-corrected chi connectivity index (χ0v) is 76.2. The summed E-state index contributed by atoms with van der Waals surface area (Å²) in [7, 11) is 0. The number of carbonyl (C=O) groups is 6. The molecule has 6 aliphatic rings. The van der Waals surface area contributed by atoms with E-state index in [1.54, 1.807) is 146 Å². The Morgan fingerprint density at radius 1 is 0.203 bits per heavy atom. The summed E-state index contributed by atoms with van der Waals surface area (Å²) in [5.74, 6) is -0.806. The number of hydrogen-bond donors (Lipinski definition) is 0. The highest BCUT2D eigenvalue weighted by atomic mass is 16.6. The van der Waals surface area contributed by atoms with Crippen molar-refractivity contribution in [3.63, 3.8) is 0 Å². The molecule has 10 aromatic rings. The molecule has 0 bridgehead atoms. The first-order chi connectivity index (χ1) is 67.8. The average Bonchev–Trinajstić information content (AvgIpc) is 1.27. The van der Waals surface area contributed by atoms with Gasteiger partial charge in [0.05, 0.1) is 116 Å². The molecular weight excluding hydrogens is 1780 g/mol. The molecule has 0 spiro atoms. The van der Waals surface area contributed by atoms with E-state index in [0.717, 1.165) is 153 Å². The quantitative estimate of drug-likeness (QED) is 0.00853. The van der Waals surface area contributed by atoms with Crippen LogP contribution in [0.3, 0.4) is 0 Å². The third kappa shape index (κ3) is 33.0. The summed E-state index contributed by atoms with van der Waals surface area (Å²) in [4.78, 5) is 86.7. The minimum absolute atomic E-state index is 0.0956. The summed E-state index contributed by atoms with van der Waals surface area (Å²) in [6.45, 7) is 7.18. The van der Waals surface area contributed by atoms with Gasteiger partial charge in [0.2, 0.25) is 0 Å². The lowest BCUT2D eigenvalue weighted by Gasteiger charge is -2.18. The molecule has 6 heterocycles. The molecule has 138 heavy (non-hydrogen) atoms. The van der Waals surface area contributed by atoms with Crippen molar-refractivity contribution >= 4 is 68.1 Å². The number of hydrogen-bond acceptors (Lipinski definition) is 30. The van der Waals surface area contributed by atoms with E-state index in [1.807, 2.05) is 0 Å². The zero-order chi connectivity index (χ0) is 94.7. The molecule has 6 fully saturated rings. The Bertz CT molecular complexity index is 4940. The molecule has 6 saturated heterocycles. The first-order valence-corrected chi connectivity index (χ1v) is 46.5. The van der Waals surface area contributed by atoms with E-state index in [1.165, 1.54) is 72.9 Å². The molecule has 16 rings (SSSR count). The first kappa shape index (κ1) is 96.7. The maximum atomic E-state index is 14.4. The van der Waals surface area contributed by atoms with Crippen molar-refractivity contribution in [1.29, 1.82) is 0 Å². The first-order valence-electron chi connectivity index (χ1n) is 46.5. The predicted molar refractivity (Wildman–Crippen MR) is 506 cm³/mol. The minimum atomic E-state index is -0.948. The molecule has 0 saturated carbocycles. The molecule has 0 aliphatic carbocycles. The molecule has 0 radical (unpaired) electrons. The second-order valence-electron chi connectivity index (χ2n) is 32.8. The van der Waals surface area contributed by atoms with E-state index in [0.29, 0.717) is 145 Å². The summed E-state index contributed by atoms with van der Waals surface area (Å²) in [5.41, 5.74) is 0. The standard InChI is InChI=1S/C108H108O30/c109-103(19-7-55-121-79-37-25-73(26-38-79)115-49-1-13-85-67-127-85)133-97-61-91-92(62-98(97)134-104(110)20-8-56-122-80-39-27-74(28-40-80)116-50-2-14-86-68-128-86)94-64-100(136-106(112)22-10-58-124-82-43-31-76(32-44-82)118-52-4-16-88-70-130-88)102(138-108(114)24-12-60-126-84-47-35-78(36-48-84)120-54-6-18-90-72-132-90)66-96(94)95-65-101(137-107(113)23-11-59-125-83-45-33-77(34-46-83)119-53-5-17-89-71-131-89)99(63-93(91)95)135-105(111)21-9-57-123-81-41-29-75(30-42-81)117-51-3-15-87-69-129-87/h7-12,19-48,61-66,85-90H,1-6,13-18,49-60,67-72H2/b19-7+,20-8+,21-9+,22-10+,23-11+,24-12+. The molecule has 6 aliphatic heterocycles. The van der Waals surface area contributed by atoms with E-state index in [4.69, 9.17) is 114 Å². The van der Waals surface area contributed by atoms with Gasteiger partial charge in [-0.3, -0.25) is 0 Å². The second-order valence-corrected chi connectivity index (χ2v) is 32.8. The fraction of sp³-hybridized carbons (Fsp3) is 0.333. The third-order valence-electron chi connectivity index (χ3n) is 22.0. The van der Waals surface area contributed by atoms with Crippen LogP contribution in [-0.4, -0.2) is 191 Å². The Morgan fingerprint density at radius 2 is 0.326 bits per heavy atom. The molecule has 30 nitrogen and oxygen atoms in total. The van der Waals surface area contributed by atoms with Gasteiger partial charge in [0.25, 0.3) is 0 Å². The number of ether oxygens (including phenoxy) is 24. The van der Waals surface area contributed by atoms with E-state index < -0.39 is 35.8 Å². The highest BCUT2D eigenvalue weighted by Gasteiger charge is 2.29. The van der Waals surface area contributed by atoms with E-state index in [2.05, 4.69) is 0 Å². The van der Waals surface area contributed by atoms with E-state index in [9.17, 15) is 28.8 Å². The molecule has 6 atom stereocenters. The van der Waals surface area contributed by atoms with Gasteiger partial charge in [0.15, 0.2) is 34.5 Å². The van der Waals surface area contributed by atoms with Crippen LogP contribution < -0.4 is 85.3 Å². The Kier molecular flexibility index (Phi) is 35.3. The van der Waals surface area contributed by atoms with Crippen LogP contribution in [0.2, 0.25) is 0 Å². The Morgan fingerprint density at radius 3 is 0.449 bits per heavy atom. The zero-order valence-electron chi connectivity index (χ0n) is 76.2. The monoisotopic (exact) mass is 1880 g/mol. The van der Waals surface area contributed by atoms with Gasteiger partial charge < -0.3 is 114 Å². The van der Waals surface area contributed by atoms with Crippen molar-refractivity contribution in [2.75, 3.05) is 119 Å². The van der Waals surface area contributed by atoms with Crippen molar-refractivity contribution in [2.45, 2.75) is 114 Å². The maximum absolute atomic E-state index is 14.4. The number of carbonyl (C=O) groups excluding carboxylic acids is 6. The highest BCUT2D eigenvalue weighted by Crippen LogP contribution is 2.48. The molecule has 720 valence electrons. The molecule has 0 amide bonds. The van der Waals surface area contributed by atoms with Crippen LogP contribution in [0, 0.1) is 0 Å². The number of benzene rings is 10. The minimum Gasteiger partial charge on any atom is -0.494 e. The predicted octanol–water partition coefficient (Wildman–Crippen LogP) is 17.7. The fourth-order valence-electron chi connectivity index (χ4n) is 14.3. The number of epoxide rings is 6. The smallest absolute Gasteiger partial charge is 0.336 e. The van der Waals surface area contributed by atoms with Crippen LogP contribution in [0.4, 0.5) is 0 Å². The molecule has 6 unspecified atom stereocenters. The molecule has 0 aromatic heterocycles. The van der Waals surface area contributed by atoms with Crippen molar-refractivity contribution in [3.8, 4) is 103 Å². The topological polar surface area (TPSA) is 344 Å². The largest absolute Gasteiger partial charge is 0.494 e. The molecule has 0 N–H and O–H groups in total. The van der Waals surface area contributed by atoms with Crippen LogP contribution in [0.5, 0.6) is 103 Å². The van der Waals surface area contributed by atoms with Gasteiger partial charge in [0, 0.05) is 36.5 Å². The summed E-state index contributed by atoms with van der Waals surface area (Å²) in [6, 6.07) is 50.6. The van der Waals surface area contributed by atoms with Crippen molar-refractivity contribution in [3.05, 3.63) is 255 Å². The summed E-state index contributed by atoms with van der Waals surface area (Å²) >= 11 is 0. The van der Waals surface area contributed by atoms with Crippen LogP contribution >= 0.6 is 0 Å². The van der Waals surface area contributed by atoms with Gasteiger partial charge in [-0.05, 0) is 328 Å². The van der Waals surface area contributed by atoms with Gasteiger partial charge in [-0.15, -0.1) is 0 Å². The normalized spacial score (nSPS) is 17.0. The van der Waals surface area contributed by atoms with Gasteiger partial charge in [-0.2, -0.15) is 0 Å². The van der Waals surface area contributed by atoms with E-state index >= 15 is 0 Å². The van der Waals surface area contributed by atoms with Crippen molar-refractivity contribution in [1.82, 2.24) is 0 Å².